The Morgan fingerprint density at radius 2 is 2.27 bits per heavy atom. The summed E-state index contributed by atoms with van der Waals surface area (Å²) in [6, 6.07) is 3.57. The van der Waals surface area contributed by atoms with E-state index in [1.165, 1.54) is 18.4 Å². The summed E-state index contributed by atoms with van der Waals surface area (Å²) in [5.74, 6) is 0.304. The zero-order valence-electron chi connectivity index (χ0n) is 13.7. The van der Waals surface area contributed by atoms with E-state index in [1.807, 2.05) is 0 Å². The summed E-state index contributed by atoms with van der Waals surface area (Å²) < 4.78 is 6.89. The summed E-state index contributed by atoms with van der Waals surface area (Å²) in [6.07, 6.45) is 5.87. The van der Waals surface area contributed by atoms with Crippen LogP contribution in [0.15, 0.2) is 40.0 Å². The monoisotopic (exact) mass is 351 g/mol. The smallest absolute Gasteiger partial charge is 0.269 e. The number of aliphatic imine (C=N–C) groups is 1. The maximum absolute atomic E-state index is 12.1. The van der Waals surface area contributed by atoms with Crippen molar-refractivity contribution < 1.29 is 14.1 Å². The summed E-state index contributed by atoms with van der Waals surface area (Å²) in [4.78, 5) is 30.9. The second-order valence-corrected chi connectivity index (χ2v) is 5.63. The summed E-state index contributed by atoms with van der Waals surface area (Å²) in [5, 5.41) is 14.7. The van der Waals surface area contributed by atoms with E-state index in [1.54, 1.807) is 29.7 Å². The number of hydrogen-bond acceptors (Lipinski definition) is 7. The third-order valence-corrected chi connectivity index (χ3v) is 3.79. The van der Waals surface area contributed by atoms with E-state index in [0.717, 1.165) is 5.56 Å². The minimum absolute atomic E-state index is 0.186. The van der Waals surface area contributed by atoms with Gasteiger partial charge in [0.15, 0.2) is 17.3 Å². The minimum atomic E-state index is -0.570. The van der Waals surface area contributed by atoms with Gasteiger partial charge in [-0.3, -0.25) is 14.0 Å². The van der Waals surface area contributed by atoms with E-state index in [4.69, 9.17) is 4.52 Å². The number of pyridine rings is 1. The predicted octanol–water partition coefficient (Wildman–Crippen LogP) is 0.487. The Morgan fingerprint density at radius 1 is 1.38 bits per heavy atom. The lowest BCUT2D eigenvalue weighted by atomic mass is 10.1. The minimum Gasteiger partial charge on any atom is -0.348 e. The fraction of sp³-hybridized carbons (Fsp3) is 0.188. The lowest BCUT2D eigenvalue weighted by molar-refractivity contribution is -0.122. The lowest BCUT2D eigenvalue weighted by Crippen LogP contribution is -2.31. The van der Waals surface area contributed by atoms with Crippen molar-refractivity contribution in [2.24, 2.45) is 10.9 Å². The number of aryl methyl sites for hydroxylation is 1. The van der Waals surface area contributed by atoms with Crippen LogP contribution in [0.1, 0.15) is 11.6 Å². The number of aromatic nitrogens is 5. The van der Waals surface area contributed by atoms with Crippen molar-refractivity contribution in [3.8, 4) is 11.5 Å². The average molecular weight is 351 g/mol. The van der Waals surface area contributed by atoms with Crippen LogP contribution in [0.3, 0.4) is 0 Å². The summed E-state index contributed by atoms with van der Waals surface area (Å²) in [7, 11) is 0. The van der Waals surface area contributed by atoms with Gasteiger partial charge in [0.25, 0.3) is 11.8 Å². The highest BCUT2D eigenvalue weighted by Gasteiger charge is 2.17. The quantitative estimate of drug-likeness (QED) is 0.724. The molecule has 4 heterocycles. The first-order valence-electron chi connectivity index (χ1n) is 7.78. The Hall–Kier alpha value is -3.69. The van der Waals surface area contributed by atoms with Crippen molar-refractivity contribution in [1.82, 2.24) is 30.1 Å². The molecule has 1 aliphatic heterocycles. The highest BCUT2D eigenvalue weighted by Crippen LogP contribution is 2.18. The van der Waals surface area contributed by atoms with Crippen LogP contribution < -0.4 is 5.32 Å². The van der Waals surface area contributed by atoms with Gasteiger partial charge in [0.05, 0.1) is 12.5 Å². The summed E-state index contributed by atoms with van der Waals surface area (Å²) in [5.41, 5.74) is 1.32. The fourth-order valence-corrected chi connectivity index (χ4v) is 2.48. The zero-order chi connectivity index (χ0) is 18.1. The Balaban J connectivity index is 1.49. The largest absolute Gasteiger partial charge is 0.348 e. The van der Waals surface area contributed by atoms with Gasteiger partial charge in [-0.2, -0.15) is 4.98 Å². The van der Waals surface area contributed by atoms with E-state index in [0.29, 0.717) is 23.2 Å². The maximum atomic E-state index is 12.1. The Kier molecular flexibility index (Phi) is 3.84. The van der Waals surface area contributed by atoms with Gasteiger partial charge < -0.3 is 9.84 Å². The van der Waals surface area contributed by atoms with Crippen LogP contribution >= 0.6 is 0 Å². The molecule has 0 saturated carbocycles. The second kappa shape index (κ2) is 6.31. The number of rotatable bonds is 4. The maximum Gasteiger partial charge on any atom is 0.269 e. The van der Waals surface area contributed by atoms with Crippen molar-refractivity contribution in [3.05, 3.63) is 42.1 Å². The molecule has 1 atom stereocenters. The van der Waals surface area contributed by atoms with Gasteiger partial charge in [-0.05, 0) is 19.1 Å². The van der Waals surface area contributed by atoms with Gasteiger partial charge in [0, 0.05) is 24.1 Å². The molecule has 130 valence electrons. The third kappa shape index (κ3) is 2.99. The number of carbonyl (C=O) groups excluding carboxylic acids is 2. The molecule has 10 nitrogen and oxygen atoms in total. The fourth-order valence-electron chi connectivity index (χ4n) is 2.48. The molecule has 0 fully saturated rings. The van der Waals surface area contributed by atoms with Gasteiger partial charge in [-0.1, -0.05) is 11.2 Å². The Labute approximate surface area is 146 Å². The van der Waals surface area contributed by atoms with Crippen molar-refractivity contribution in [2.75, 3.05) is 0 Å². The van der Waals surface area contributed by atoms with Gasteiger partial charge in [0.1, 0.15) is 0 Å². The number of hydrogen-bond donors (Lipinski definition) is 1. The van der Waals surface area contributed by atoms with E-state index in [9.17, 15) is 9.59 Å². The molecule has 1 unspecified atom stereocenters. The lowest BCUT2D eigenvalue weighted by Gasteiger charge is -2.10. The van der Waals surface area contributed by atoms with Crippen LogP contribution in [0, 0.1) is 12.8 Å². The molecule has 3 aromatic rings. The number of nitrogens with zero attached hydrogens (tertiary/aromatic N) is 6. The number of carbonyl (C=O) groups is 2. The first kappa shape index (κ1) is 15.8. The van der Waals surface area contributed by atoms with Crippen molar-refractivity contribution in [1.29, 1.82) is 0 Å². The SMILES string of the molecule is Cc1noc(-c2ccn3c(CNC(=O)C4C=CC(=O)N=C4)nnc3c2)n1. The van der Waals surface area contributed by atoms with Crippen molar-refractivity contribution in [3.63, 3.8) is 0 Å². The third-order valence-electron chi connectivity index (χ3n) is 3.79. The summed E-state index contributed by atoms with van der Waals surface area (Å²) >= 11 is 0. The molecule has 26 heavy (non-hydrogen) atoms. The van der Waals surface area contributed by atoms with Crippen LogP contribution in [0.5, 0.6) is 0 Å². The van der Waals surface area contributed by atoms with Gasteiger partial charge >= 0.3 is 0 Å². The number of nitrogens with one attached hydrogen (secondary N) is 1. The first-order chi connectivity index (χ1) is 12.6. The molecule has 0 bridgehead atoms. The number of amides is 2. The molecule has 1 N–H and O–H groups in total. The van der Waals surface area contributed by atoms with Crippen molar-refractivity contribution >= 4 is 23.7 Å². The molecule has 4 rings (SSSR count). The predicted molar refractivity (Wildman–Crippen MR) is 89.0 cm³/mol. The second-order valence-electron chi connectivity index (χ2n) is 5.63. The first-order valence-corrected chi connectivity index (χ1v) is 7.78. The van der Waals surface area contributed by atoms with Gasteiger partial charge in [0.2, 0.25) is 5.91 Å². The van der Waals surface area contributed by atoms with Crippen molar-refractivity contribution in [2.45, 2.75) is 13.5 Å². The standard InChI is InChI=1S/C16H13N7O3/c1-9-19-16(26-22-9)10-4-5-23-12(6-10)20-21-13(23)8-18-15(25)11-2-3-14(24)17-7-11/h2-7,11H,8H2,1H3,(H,18,25). The van der Waals surface area contributed by atoms with Crippen LogP contribution in [0.4, 0.5) is 0 Å². The topological polar surface area (TPSA) is 128 Å². The molecule has 10 heteroatoms. The normalized spacial score (nSPS) is 16.3. The highest BCUT2D eigenvalue weighted by molar-refractivity contribution is 6.05. The Morgan fingerprint density at radius 3 is 3.00 bits per heavy atom. The number of fused-ring (bicyclic) bond motifs is 1. The van der Waals surface area contributed by atoms with E-state index >= 15 is 0 Å². The molecular weight excluding hydrogens is 338 g/mol. The molecule has 0 aliphatic carbocycles. The van der Waals surface area contributed by atoms with E-state index < -0.39 is 5.92 Å². The highest BCUT2D eigenvalue weighted by atomic mass is 16.5. The van der Waals surface area contributed by atoms with Gasteiger partial charge in [-0.15, -0.1) is 10.2 Å². The molecule has 0 aromatic carbocycles. The molecule has 3 aromatic heterocycles. The van der Waals surface area contributed by atoms with E-state index in [-0.39, 0.29) is 18.4 Å². The molecular formula is C16H13N7O3. The Bertz CT molecular complexity index is 1050. The van der Waals surface area contributed by atoms with Crippen LogP contribution in [-0.2, 0) is 16.1 Å². The van der Waals surface area contributed by atoms with Crippen LogP contribution in [-0.4, -0.2) is 42.8 Å². The summed E-state index contributed by atoms with van der Waals surface area (Å²) in [6.45, 7) is 1.93. The molecule has 0 radical (unpaired) electrons. The number of dihydropyridines is 1. The zero-order valence-corrected chi connectivity index (χ0v) is 13.7. The molecule has 1 aliphatic rings. The average Bonchev–Trinajstić information content (AvgIpc) is 3.26. The van der Waals surface area contributed by atoms with E-state index in [2.05, 4.69) is 30.6 Å². The van der Waals surface area contributed by atoms with Crippen LogP contribution in [0.25, 0.3) is 17.1 Å². The van der Waals surface area contributed by atoms with Crippen LogP contribution in [0.2, 0.25) is 0 Å². The van der Waals surface area contributed by atoms with Gasteiger partial charge in [-0.25, -0.2) is 4.99 Å². The molecule has 0 spiro atoms. The molecule has 2 amide bonds. The molecule has 0 saturated heterocycles.